The van der Waals surface area contributed by atoms with Gasteiger partial charge in [-0.05, 0) is 50.6 Å². The van der Waals surface area contributed by atoms with E-state index in [0.29, 0.717) is 0 Å². The van der Waals surface area contributed by atoms with E-state index in [1.54, 1.807) is 0 Å². The summed E-state index contributed by atoms with van der Waals surface area (Å²) in [6.07, 6.45) is 1.47. The molecule has 1 fully saturated rings. The molecule has 1 heterocycles. The summed E-state index contributed by atoms with van der Waals surface area (Å²) in [6.45, 7) is 4.48. The van der Waals surface area contributed by atoms with Crippen LogP contribution in [0.15, 0.2) is 24.3 Å². The Balaban J connectivity index is 1.91. The number of anilines is 1. The van der Waals surface area contributed by atoms with Gasteiger partial charge in [0, 0.05) is 26.3 Å². The summed E-state index contributed by atoms with van der Waals surface area (Å²) in [5, 5.41) is 9.23. The Morgan fingerprint density at radius 3 is 2.25 bits per heavy atom. The summed E-state index contributed by atoms with van der Waals surface area (Å²) in [4.78, 5) is 15.6. The maximum absolute atomic E-state index is 11.2. The van der Waals surface area contributed by atoms with Crippen molar-refractivity contribution in [1.29, 1.82) is 0 Å². The second-order valence-electron chi connectivity index (χ2n) is 6.20. The fourth-order valence-electron chi connectivity index (χ4n) is 2.58. The van der Waals surface area contributed by atoms with E-state index >= 15 is 0 Å². The highest BCUT2D eigenvalue weighted by Crippen LogP contribution is 2.31. The molecule has 1 N–H and O–H groups in total. The lowest BCUT2D eigenvalue weighted by atomic mass is 9.80. The van der Waals surface area contributed by atoms with E-state index in [-0.39, 0.29) is 0 Å². The molecule has 0 aromatic heterocycles. The molecule has 0 radical (unpaired) electrons. The number of rotatable bonds is 4. The normalized spacial score (nSPS) is 18.8. The van der Waals surface area contributed by atoms with Gasteiger partial charge in [-0.3, -0.25) is 9.69 Å². The zero-order valence-electron chi connectivity index (χ0n) is 12.6. The Hall–Kier alpha value is -1.55. The second-order valence-corrected chi connectivity index (χ2v) is 6.20. The van der Waals surface area contributed by atoms with Crippen molar-refractivity contribution in [1.82, 2.24) is 4.90 Å². The van der Waals surface area contributed by atoms with Crippen molar-refractivity contribution in [2.24, 2.45) is 5.41 Å². The van der Waals surface area contributed by atoms with Crippen LogP contribution in [0.25, 0.3) is 0 Å². The summed E-state index contributed by atoms with van der Waals surface area (Å²) in [5.41, 5.74) is 1.95. The van der Waals surface area contributed by atoms with Gasteiger partial charge in [0.25, 0.3) is 0 Å². The van der Waals surface area contributed by atoms with Gasteiger partial charge in [0.05, 0.1) is 5.41 Å². The molecule has 4 heteroatoms. The Bertz CT molecular complexity index is 460. The van der Waals surface area contributed by atoms with E-state index in [9.17, 15) is 9.90 Å². The van der Waals surface area contributed by atoms with E-state index in [2.05, 4.69) is 34.1 Å². The lowest BCUT2D eigenvalue weighted by Crippen LogP contribution is -2.42. The fourth-order valence-corrected chi connectivity index (χ4v) is 2.58. The van der Waals surface area contributed by atoms with Crippen LogP contribution in [0.3, 0.4) is 0 Å². The van der Waals surface area contributed by atoms with Gasteiger partial charge < -0.3 is 10.0 Å². The van der Waals surface area contributed by atoms with Crippen molar-refractivity contribution in [3.05, 3.63) is 29.8 Å². The number of hydrogen-bond acceptors (Lipinski definition) is 3. The third-order valence-electron chi connectivity index (χ3n) is 4.33. The van der Waals surface area contributed by atoms with Crippen molar-refractivity contribution < 1.29 is 9.90 Å². The summed E-state index contributed by atoms with van der Waals surface area (Å²) in [7, 11) is 4.07. The van der Waals surface area contributed by atoms with Crippen LogP contribution in [0, 0.1) is 5.41 Å². The molecule has 1 aromatic carbocycles. The van der Waals surface area contributed by atoms with Gasteiger partial charge in [0.2, 0.25) is 0 Å². The maximum atomic E-state index is 11.2. The standard InChI is InChI=1S/C16H24N2O2/c1-16(15(19)20)8-10-18(11-9-16)12-13-4-6-14(7-5-13)17(2)3/h4-7H,8-12H2,1-3H3,(H,19,20). The second kappa shape index (κ2) is 5.83. The highest BCUT2D eigenvalue weighted by atomic mass is 16.4. The molecule has 0 atom stereocenters. The number of nitrogens with zero attached hydrogens (tertiary/aromatic N) is 2. The van der Waals surface area contributed by atoms with Crippen LogP contribution >= 0.6 is 0 Å². The Morgan fingerprint density at radius 1 is 1.25 bits per heavy atom. The fraction of sp³-hybridized carbons (Fsp3) is 0.562. The zero-order valence-corrected chi connectivity index (χ0v) is 12.6. The molecule has 0 spiro atoms. The smallest absolute Gasteiger partial charge is 0.309 e. The zero-order chi connectivity index (χ0) is 14.8. The van der Waals surface area contributed by atoms with Gasteiger partial charge in [-0.1, -0.05) is 12.1 Å². The SMILES string of the molecule is CN(C)c1ccc(CN2CCC(C)(C(=O)O)CC2)cc1. The van der Waals surface area contributed by atoms with Crippen LogP contribution in [-0.4, -0.2) is 43.2 Å². The molecule has 1 aromatic rings. The van der Waals surface area contributed by atoms with Crippen LogP contribution in [0.5, 0.6) is 0 Å². The average Bonchev–Trinajstić information content (AvgIpc) is 2.42. The van der Waals surface area contributed by atoms with E-state index in [1.165, 1.54) is 11.3 Å². The molecular weight excluding hydrogens is 252 g/mol. The van der Waals surface area contributed by atoms with Crippen LogP contribution < -0.4 is 4.90 Å². The predicted molar refractivity (Wildman–Crippen MR) is 81.0 cm³/mol. The van der Waals surface area contributed by atoms with Crippen molar-refractivity contribution in [3.63, 3.8) is 0 Å². The molecule has 0 aliphatic carbocycles. The van der Waals surface area contributed by atoms with Gasteiger partial charge in [-0.25, -0.2) is 0 Å². The van der Waals surface area contributed by atoms with Gasteiger partial charge in [0.15, 0.2) is 0 Å². The minimum Gasteiger partial charge on any atom is -0.481 e. The average molecular weight is 276 g/mol. The number of aliphatic carboxylic acids is 1. The Kier molecular flexibility index (Phi) is 4.33. The number of carboxylic acid groups (broad SMARTS) is 1. The van der Waals surface area contributed by atoms with Crippen LogP contribution in [0.4, 0.5) is 5.69 Å². The summed E-state index contributed by atoms with van der Waals surface area (Å²) >= 11 is 0. The number of carboxylic acids is 1. The number of benzene rings is 1. The van der Waals surface area contributed by atoms with Crippen LogP contribution in [-0.2, 0) is 11.3 Å². The molecule has 0 saturated carbocycles. The van der Waals surface area contributed by atoms with Crippen molar-refractivity contribution in [2.45, 2.75) is 26.3 Å². The Morgan fingerprint density at radius 2 is 1.80 bits per heavy atom. The molecule has 1 aliphatic rings. The Labute approximate surface area is 121 Å². The van der Waals surface area contributed by atoms with Gasteiger partial charge in [-0.15, -0.1) is 0 Å². The van der Waals surface area contributed by atoms with Crippen LogP contribution in [0.1, 0.15) is 25.3 Å². The summed E-state index contributed by atoms with van der Waals surface area (Å²) < 4.78 is 0. The lowest BCUT2D eigenvalue weighted by molar-refractivity contribution is -0.150. The lowest BCUT2D eigenvalue weighted by Gasteiger charge is -2.36. The van der Waals surface area contributed by atoms with Crippen molar-refractivity contribution in [2.75, 3.05) is 32.1 Å². The number of carbonyl (C=O) groups is 1. The molecule has 0 bridgehead atoms. The summed E-state index contributed by atoms with van der Waals surface area (Å²) in [5.74, 6) is -0.660. The molecule has 110 valence electrons. The van der Waals surface area contributed by atoms with Gasteiger partial charge >= 0.3 is 5.97 Å². The summed E-state index contributed by atoms with van der Waals surface area (Å²) in [6, 6.07) is 8.56. The highest BCUT2D eigenvalue weighted by molar-refractivity contribution is 5.74. The molecular formula is C16H24N2O2. The predicted octanol–water partition coefficient (Wildman–Crippen LogP) is 2.44. The van der Waals surface area contributed by atoms with Crippen LogP contribution in [0.2, 0.25) is 0 Å². The quantitative estimate of drug-likeness (QED) is 0.917. The minimum atomic E-state index is -0.660. The molecule has 1 saturated heterocycles. The van der Waals surface area contributed by atoms with E-state index < -0.39 is 11.4 Å². The molecule has 1 aliphatic heterocycles. The molecule has 0 amide bonds. The number of hydrogen-bond donors (Lipinski definition) is 1. The number of piperidine rings is 1. The molecule has 2 rings (SSSR count). The highest BCUT2D eigenvalue weighted by Gasteiger charge is 2.36. The number of likely N-dealkylation sites (tertiary alicyclic amines) is 1. The monoisotopic (exact) mass is 276 g/mol. The first kappa shape index (κ1) is 14.9. The van der Waals surface area contributed by atoms with Crippen molar-refractivity contribution in [3.8, 4) is 0 Å². The van der Waals surface area contributed by atoms with Gasteiger partial charge in [-0.2, -0.15) is 0 Å². The first-order valence-electron chi connectivity index (χ1n) is 7.13. The van der Waals surface area contributed by atoms with Crippen molar-refractivity contribution >= 4 is 11.7 Å². The minimum absolute atomic E-state index is 0.536. The van der Waals surface area contributed by atoms with E-state index in [4.69, 9.17) is 0 Å². The molecule has 0 unspecified atom stereocenters. The topological polar surface area (TPSA) is 43.8 Å². The van der Waals surface area contributed by atoms with E-state index in [0.717, 1.165) is 32.5 Å². The third-order valence-corrected chi connectivity index (χ3v) is 4.33. The molecule has 20 heavy (non-hydrogen) atoms. The maximum Gasteiger partial charge on any atom is 0.309 e. The first-order valence-corrected chi connectivity index (χ1v) is 7.13. The van der Waals surface area contributed by atoms with Gasteiger partial charge in [0.1, 0.15) is 0 Å². The first-order chi connectivity index (χ1) is 9.40. The third kappa shape index (κ3) is 3.31. The molecule has 4 nitrogen and oxygen atoms in total. The van der Waals surface area contributed by atoms with E-state index in [1.807, 2.05) is 21.0 Å². The largest absolute Gasteiger partial charge is 0.481 e.